The normalized spacial score (nSPS) is 26.4. The number of aryl methyl sites for hydroxylation is 1. The second-order valence-electron chi connectivity index (χ2n) is 4.11. The fourth-order valence-electron chi connectivity index (χ4n) is 1.90. The molecule has 0 aliphatic carbocycles. The third-order valence-corrected chi connectivity index (χ3v) is 3.01. The van der Waals surface area contributed by atoms with Crippen molar-refractivity contribution in [3.8, 4) is 0 Å². The van der Waals surface area contributed by atoms with Crippen molar-refractivity contribution in [3.63, 3.8) is 0 Å². The van der Waals surface area contributed by atoms with Crippen molar-refractivity contribution in [1.29, 1.82) is 0 Å². The van der Waals surface area contributed by atoms with Gasteiger partial charge in [-0.15, -0.1) is 0 Å². The maximum Gasteiger partial charge on any atom is 0.0949 e. The van der Waals surface area contributed by atoms with E-state index in [-0.39, 0.29) is 5.92 Å². The molecule has 0 saturated carbocycles. The number of nitrogens with zero attached hydrogens (tertiary/aromatic N) is 2. The van der Waals surface area contributed by atoms with Crippen LogP contribution < -0.4 is 0 Å². The van der Waals surface area contributed by atoms with Crippen molar-refractivity contribution >= 4 is 0 Å². The maximum absolute atomic E-state index is 10.4. The first kappa shape index (κ1) is 9.68. The monoisotopic (exact) mass is 196 g/mol. The quantitative estimate of drug-likeness (QED) is 0.756. The van der Waals surface area contributed by atoms with Gasteiger partial charge in [-0.25, -0.2) is 0 Å². The van der Waals surface area contributed by atoms with E-state index in [2.05, 4.69) is 5.10 Å². The van der Waals surface area contributed by atoms with Gasteiger partial charge in [0, 0.05) is 31.3 Å². The van der Waals surface area contributed by atoms with E-state index in [4.69, 9.17) is 4.74 Å². The number of hydrogen-bond acceptors (Lipinski definition) is 3. The molecule has 2 heterocycles. The van der Waals surface area contributed by atoms with Gasteiger partial charge in [-0.3, -0.25) is 4.68 Å². The van der Waals surface area contributed by atoms with E-state index in [1.54, 1.807) is 10.9 Å². The Hall–Kier alpha value is -0.870. The minimum absolute atomic E-state index is 0.187. The van der Waals surface area contributed by atoms with Gasteiger partial charge in [0.25, 0.3) is 0 Å². The zero-order valence-corrected chi connectivity index (χ0v) is 8.60. The van der Waals surface area contributed by atoms with Crippen molar-refractivity contribution in [1.82, 2.24) is 9.78 Å². The van der Waals surface area contributed by atoms with Gasteiger partial charge in [0.2, 0.25) is 0 Å². The molecule has 1 aliphatic heterocycles. The summed E-state index contributed by atoms with van der Waals surface area (Å²) in [6.45, 7) is 3.23. The van der Waals surface area contributed by atoms with Gasteiger partial charge in [-0.1, -0.05) is 0 Å². The van der Waals surface area contributed by atoms with Crippen molar-refractivity contribution in [2.45, 2.75) is 18.9 Å². The lowest BCUT2D eigenvalue weighted by Crippen LogP contribution is -2.31. The fourth-order valence-corrected chi connectivity index (χ4v) is 1.90. The van der Waals surface area contributed by atoms with Gasteiger partial charge >= 0.3 is 0 Å². The summed E-state index contributed by atoms with van der Waals surface area (Å²) in [4.78, 5) is 0. The third-order valence-electron chi connectivity index (χ3n) is 3.01. The highest BCUT2D eigenvalue weighted by atomic mass is 16.5. The minimum atomic E-state index is -0.815. The first-order valence-electron chi connectivity index (χ1n) is 4.90. The molecule has 1 aromatic heterocycles. The van der Waals surface area contributed by atoms with Crippen LogP contribution in [-0.4, -0.2) is 28.1 Å². The molecule has 14 heavy (non-hydrogen) atoms. The first-order chi connectivity index (χ1) is 6.60. The van der Waals surface area contributed by atoms with Crippen molar-refractivity contribution < 1.29 is 9.84 Å². The lowest BCUT2D eigenvalue weighted by Gasteiger charge is -2.27. The molecule has 1 aromatic rings. The van der Waals surface area contributed by atoms with Crippen molar-refractivity contribution in [3.05, 3.63) is 18.0 Å². The number of ether oxygens (including phenoxy) is 1. The average molecular weight is 196 g/mol. The Labute approximate surface area is 83.5 Å². The van der Waals surface area contributed by atoms with E-state index < -0.39 is 5.60 Å². The molecular weight excluding hydrogens is 180 g/mol. The van der Waals surface area contributed by atoms with Gasteiger partial charge in [0.1, 0.15) is 0 Å². The van der Waals surface area contributed by atoms with Crippen molar-refractivity contribution in [2.75, 3.05) is 13.2 Å². The SMILES string of the molecule is Cn1cc(C(C)(O)C2CCOC2)cn1. The number of aromatic nitrogens is 2. The molecule has 1 saturated heterocycles. The van der Waals surface area contributed by atoms with Crippen LogP contribution in [-0.2, 0) is 17.4 Å². The summed E-state index contributed by atoms with van der Waals surface area (Å²) in [6.07, 6.45) is 4.50. The third kappa shape index (κ3) is 1.55. The average Bonchev–Trinajstić information content (AvgIpc) is 2.72. The molecular formula is C10H16N2O2. The standard InChI is InChI=1S/C10H16N2O2/c1-10(13,8-3-4-14-7-8)9-5-11-12(2)6-9/h5-6,8,13H,3-4,7H2,1-2H3. The highest BCUT2D eigenvalue weighted by Crippen LogP contribution is 2.34. The predicted octanol–water partition coefficient (Wildman–Crippen LogP) is 0.664. The van der Waals surface area contributed by atoms with Gasteiger partial charge in [0.05, 0.1) is 18.4 Å². The fraction of sp³-hybridized carbons (Fsp3) is 0.700. The second-order valence-corrected chi connectivity index (χ2v) is 4.11. The smallest absolute Gasteiger partial charge is 0.0949 e. The van der Waals surface area contributed by atoms with Crippen LogP contribution in [0.3, 0.4) is 0 Å². The van der Waals surface area contributed by atoms with E-state index in [0.717, 1.165) is 18.6 Å². The Bertz CT molecular complexity index is 314. The van der Waals surface area contributed by atoms with E-state index in [1.165, 1.54) is 0 Å². The topological polar surface area (TPSA) is 47.3 Å². The van der Waals surface area contributed by atoms with Crippen LogP contribution >= 0.6 is 0 Å². The predicted molar refractivity (Wildman–Crippen MR) is 51.7 cm³/mol. The molecule has 0 spiro atoms. The van der Waals surface area contributed by atoms with Crippen LogP contribution in [0.15, 0.2) is 12.4 Å². The number of hydrogen-bond donors (Lipinski definition) is 1. The lowest BCUT2D eigenvalue weighted by molar-refractivity contribution is -0.00976. The molecule has 4 nitrogen and oxygen atoms in total. The lowest BCUT2D eigenvalue weighted by atomic mass is 9.84. The molecule has 4 heteroatoms. The van der Waals surface area contributed by atoms with Crippen LogP contribution in [0.5, 0.6) is 0 Å². The van der Waals surface area contributed by atoms with Gasteiger partial charge in [-0.2, -0.15) is 5.10 Å². The van der Waals surface area contributed by atoms with Crippen LogP contribution in [0.1, 0.15) is 18.9 Å². The molecule has 78 valence electrons. The molecule has 2 rings (SSSR count). The van der Waals surface area contributed by atoms with Gasteiger partial charge in [-0.05, 0) is 13.3 Å². The Balaban J connectivity index is 2.22. The summed E-state index contributed by atoms with van der Waals surface area (Å²) in [6, 6.07) is 0. The molecule has 0 aromatic carbocycles. The van der Waals surface area contributed by atoms with Crippen LogP contribution in [0, 0.1) is 5.92 Å². The Morgan fingerprint density at radius 3 is 3.00 bits per heavy atom. The molecule has 0 amide bonds. The van der Waals surface area contributed by atoms with Crippen LogP contribution in [0.2, 0.25) is 0 Å². The minimum Gasteiger partial charge on any atom is -0.385 e. The van der Waals surface area contributed by atoms with Crippen LogP contribution in [0.25, 0.3) is 0 Å². The molecule has 2 unspecified atom stereocenters. The van der Waals surface area contributed by atoms with Crippen LogP contribution in [0.4, 0.5) is 0 Å². The Morgan fingerprint density at radius 2 is 2.50 bits per heavy atom. The Kier molecular flexibility index (Phi) is 2.33. The van der Waals surface area contributed by atoms with E-state index in [0.29, 0.717) is 6.61 Å². The van der Waals surface area contributed by atoms with E-state index in [9.17, 15) is 5.11 Å². The Morgan fingerprint density at radius 1 is 1.71 bits per heavy atom. The van der Waals surface area contributed by atoms with Gasteiger partial charge in [0.15, 0.2) is 0 Å². The number of rotatable bonds is 2. The highest BCUT2D eigenvalue weighted by molar-refractivity contribution is 5.15. The largest absolute Gasteiger partial charge is 0.385 e. The summed E-state index contributed by atoms with van der Waals surface area (Å²) in [7, 11) is 1.85. The van der Waals surface area contributed by atoms with Crippen molar-refractivity contribution in [2.24, 2.45) is 13.0 Å². The van der Waals surface area contributed by atoms with E-state index in [1.807, 2.05) is 20.2 Å². The summed E-state index contributed by atoms with van der Waals surface area (Å²) >= 11 is 0. The zero-order valence-electron chi connectivity index (χ0n) is 8.60. The molecule has 0 bridgehead atoms. The molecule has 1 N–H and O–H groups in total. The highest BCUT2D eigenvalue weighted by Gasteiger charge is 2.37. The summed E-state index contributed by atoms with van der Waals surface area (Å²) < 4.78 is 6.99. The number of aliphatic hydroxyl groups is 1. The summed E-state index contributed by atoms with van der Waals surface area (Å²) in [5.41, 5.74) is 0.0561. The second kappa shape index (κ2) is 3.37. The summed E-state index contributed by atoms with van der Waals surface area (Å²) in [5, 5.41) is 14.4. The molecule has 2 atom stereocenters. The molecule has 1 aliphatic rings. The summed E-state index contributed by atoms with van der Waals surface area (Å²) in [5.74, 6) is 0.187. The van der Waals surface area contributed by atoms with Gasteiger partial charge < -0.3 is 9.84 Å². The maximum atomic E-state index is 10.4. The molecule has 0 radical (unpaired) electrons. The van der Waals surface area contributed by atoms with E-state index >= 15 is 0 Å². The zero-order chi connectivity index (χ0) is 10.2. The first-order valence-corrected chi connectivity index (χ1v) is 4.90. The molecule has 1 fully saturated rings.